The number of esters is 1. The highest BCUT2D eigenvalue weighted by Crippen LogP contribution is 2.90. The Labute approximate surface area is 207 Å². The summed E-state index contributed by atoms with van der Waals surface area (Å²) in [6, 6.07) is 3.00. The van der Waals surface area contributed by atoms with Crippen LogP contribution in [0, 0.1) is 16.7 Å². The van der Waals surface area contributed by atoms with Gasteiger partial charge in [-0.1, -0.05) is 20.8 Å². The van der Waals surface area contributed by atoms with Gasteiger partial charge in [0, 0.05) is 18.0 Å². The van der Waals surface area contributed by atoms with Crippen molar-refractivity contribution in [2.75, 3.05) is 0 Å². The summed E-state index contributed by atoms with van der Waals surface area (Å²) in [6.45, 7) is 7.23. The van der Waals surface area contributed by atoms with Gasteiger partial charge in [0.25, 0.3) is 0 Å². The Balaban J connectivity index is 1.70. The molecule has 7 rings (SSSR count). The SMILES string of the molecule is CC(C)[C@@]1(O)[C@@H](OC(=O)c2ccc[nH]2)[C@@]2(O)[C@@]3(C)C[C@]4(O)O[C@@]5([C@H](O)[C@](C)(O)CC[C@]35O)[C@@]2(O)[C@]14C. The number of H-pyrrole nitrogens is 1. The Morgan fingerprint density at radius 2 is 1.75 bits per heavy atom. The van der Waals surface area contributed by atoms with Crippen LogP contribution < -0.4 is 0 Å². The summed E-state index contributed by atoms with van der Waals surface area (Å²) in [5.74, 6) is -4.14. The molecule has 1 spiro atoms. The van der Waals surface area contributed by atoms with E-state index in [4.69, 9.17) is 9.47 Å². The first-order chi connectivity index (χ1) is 16.3. The molecule has 6 bridgehead atoms. The van der Waals surface area contributed by atoms with Crippen molar-refractivity contribution >= 4 is 5.97 Å². The number of rotatable bonds is 3. The summed E-state index contributed by atoms with van der Waals surface area (Å²) in [4.78, 5) is 15.9. The van der Waals surface area contributed by atoms with Crippen LogP contribution in [0.2, 0.25) is 0 Å². The Morgan fingerprint density at radius 1 is 1.11 bits per heavy atom. The molecule has 11 heteroatoms. The zero-order valence-electron chi connectivity index (χ0n) is 20.9. The highest BCUT2D eigenvalue weighted by Gasteiger charge is 3.10. The average molecular weight is 510 g/mol. The Bertz CT molecular complexity index is 1170. The number of aromatic amines is 1. The molecular formula is C25H35NO10. The molecule has 8 N–H and O–H groups in total. The van der Waals surface area contributed by atoms with E-state index in [1.54, 1.807) is 19.9 Å². The number of carbonyl (C=O) groups excluding carboxylic acids is 1. The number of aliphatic hydroxyl groups is 7. The van der Waals surface area contributed by atoms with Crippen molar-refractivity contribution in [1.82, 2.24) is 4.98 Å². The van der Waals surface area contributed by atoms with Gasteiger partial charge in [0.1, 0.15) is 34.2 Å². The second-order valence-corrected chi connectivity index (χ2v) is 12.7. The van der Waals surface area contributed by atoms with Crippen molar-refractivity contribution in [3.8, 4) is 0 Å². The molecule has 3 heterocycles. The summed E-state index contributed by atoms with van der Waals surface area (Å²) < 4.78 is 11.9. The smallest absolute Gasteiger partial charge is 0.355 e. The quantitative estimate of drug-likeness (QED) is 0.233. The third-order valence-corrected chi connectivity index (χ3v) is 11.4. The van der Waals surface area contributed by atoms with Gasteiger partial charge in [-0.2, -0.15) is 0 Å². The highest BCUT2D eigenvalue weighted by molar-refractivity contribution is 5.87. The van der Waals surface area contributed by atoms with E-state index in [1.807, 2.05) is 0 Å². The number of carbonyl (C=O) groups is 1. The van der Waals surface area contributed by atoms with Crippen molar-refractivity contribution < 1.29 is 50.0 Å². The molecule has 11 atom stereocenters. The molecule has 0 amide bonds. The zero-order chi connectivity index (χ0) is 26.8. The van der Waals surface area contributed by atoms with E-state index in [-0.39, 0.29) is 18.5 Å². The van der Waals surface area contributed by atoms with E-state index in [0.29, 0.717) is 0 Å². The fraction of sp³-hybridized carbons (Fsp3) is 0.800. The molecule has 1 aromatic heterocycles. The molecule has 2 saturated heterocycles. The Hall–Kier alpha value is -1.57. The lowest BCUT2D eigenvalue weighted by Crippen LogP contribution is -2.78. The predicted octanol–water partition coefficient (Wildman–Crippen LogP) is -1.07. The van der Waals surface area contributed by atoms with E-state index in [2.05, 4.69) is 4.98 Å². The molecule has 11 nitrogen and oxygen atoms in total. The van der Waals surface area contributed by atoms with Crippen molar-refractivity contribution in [2.45, 2.75) is 105 Å². The monoisotopic (exact) mass is 509 g/mol. The van der Waals surface area contributed by atoms with Gasteiger partial charge in [-0.15, -0.1) is 0 Å². The minimum absolute atomic E-state index is 0.0261. The van der Waals surface area contributed by atoms with Crippen molar-refractivity contribution in [1.29, 1.82) is 0 Å². The van der Waals surface area contributed by atoms with Crippen LogP contribution in [-0.4, -0.2) is 98.3 Å². The van der Waals surface area contributed by atoms with Crippen LogP contribution >= 0.6 is 0 Å². The number of hydrogen-bond donors (Lipinski definition) is 8. The summed E-state index contributed by atoms with van der Waals surface area (Å²) in [5.41, 5.74) is -18.3. The van der Waals surface area contributed by atoms with Gasteiger partial charge in [-0.3, -0.25) is 0 Å². The number of aliphatic hydroxyl groups excluding tert-OH is 1. The number of nitrogens with one attached hydrogen (secondary N) is 1. The Kier molecular flexibility index (Phi) is 4.14. The van der Waals surface area contributed by atoms with Gasteiger partial charge >= 0.3 is 5.97 Å². The fourth-order valence-electron chi connectivity index (χ4n) is 9.54. The Morgan fingerprint density at radius 3 is 2.31 bits per heavy atom. The lowest BCUT2D eigenvalue weighted by Gasteiger charge is -2.61. The van der Waals surface area contributed by atoms with Crippen molar-refractivity contribution in [2.24, 2.45) is 16.7 Å². The molecule has 0 aromatic carbocycles. The number of aromatic nitrogens is 1. The lowest BCUT2D eigenvalue weighted by atomic mass is 9.52. The standard InChI is InChI=1S/C25H35NO10/c1-12(2)22(32)16(35-14(27)13-7-6-10-26-13)23(33)18(4)11-21(31)19(22,5)25(23,34)24(36-21)15(28)17(3,29)8-9-20(18,24)30/h6-7,10,12,15-16,26,28-34H,8-9,11H2,1-5H3/t15-,16-,17-,18+,19+,20+,21+,22-,23-,24-,25-/m1/s1. The van der Waals surface area contributed by atoms with Crippen LogP contribution in [0.15, 0.2) is 18.3 Å². The minimum Gasteiger partial charge on any atom is -0.451 e. The largest absolute Gasteiger partial charge is 0.451 e. The summed E-state index contributed by atoms with van der Waals surface area (Å²) >= 11 is 0. The lowest BCUT2D eigenvalue weighted by molar-refractivity contribution is -0.398. The van der Waals surface area contributed by atoms with Gasteiger partial charge < -0.3 is 50.2 Å². The average Bonchev–Trinajstić information content (AvgIpc) is 3.41. The zero-order valence-corrected chi connectivity index (χ0v) is 20.9. The van der Waals surface area contributed by atoms with E-state index >= 15 is 0 Å². The van der Waals surface area contributed by atoms with Gasteiger partial charge in [-0.25, -0.2) is 4.79 Å². The van der Waals surface area contributed by atoms with E-state index in [1.165, 1.54) is 33.0 Å². The van der Waals surface area contributed by atoms with Crippen LogP contribution in [0.5, 0.6) is 0 Å². The van der Waals surface area contributed by atoms with Gasteiger partial charge in [-0.05, 0) is 44.7 Å². The van der Waals surface area contributed by atoms with E-state index < -0.39 is 80.7 Å². The molecule has 200 valence electrons. The first kappa shape index (κ1) is 24.7. The second-order valence-electron chi connectivity index (χ2n) is 12.7. The first-order valence-corrected chi connectivity index (χ1v) is 12.4. The third-order valence-electron chi connectivity index (χ3n) is 11.4. The van der Waals surface area contributed by atoms with Crippen LogP contribution in [-0.2, 0) is 9.47 Å². The summed E-state index contributed by atoms with van der Waals surface area (Å²) in [6.07, 6.45) is -3.09. The van der Waals surface area contributed by atoms with Gasteiger partial charge in [0.05, 0.1) is 11.0 Å². The highest BCUT2D eigenvalue weighted by atomic mass is 16.7. The predicted molar refractivity (Wildman–Crippen MR) is 120 cm³/mol. The van der Waals surface area contributed by atoms with Crippen molar-refractivity contribution in [3.05, 3.63) is 24.0 Å². The number of hydrogen-bond acceptors (Lipinski definition) is 10. The second kappa shape index (κ2) is 6.02. The molecule has 0 radical (unpaired) electrons. The molecular weight excluding hydrogens is 474 g/mol. The van der Waals surface area contributed by atoms with Gasteiger partial charge in [0.2, 0.25) is 0 Å². The van der Waals surface area contributed by atoms with Crippen LogP contribution in [0.4, 0.5) is 0 Å². The van der Waals surface area contributed by atoms with Crippen molar-refractivity contribution in [3.63, 3.8) is 0 Å². The topological polar surface area (TPSA) is 193 Å². The maximum atomic E-state index is 13.2. The van der Waals surface area contributed by atoms with Crippen LogP contribution in [0.3, 0.4) is 0 Å². The normalized spacial score (nSPS) is 60.6. The minimum atomic E-state index is -2.77. The molecule has 4 aliphatic carbocycles. The fourth-order valence-corrected chi connectivity index (χ4v) is 9.54. The molecule has 36 heavy (non-hydrogen) atoms. The maximum Gasteiger partial charge on any atom is 0.355 e. The van der Waals surface area contributed by atoms with Gasteiger partial charge in [0.15, 0.2) is 17.5 Å². The molecule has 6 aliphatic rings. The van der Waals surface area contributed by atoms with E-state index in [0.717, 1.165) is 0 Å². The first-order valence-electron chi connectivity index (χ1n) is 12.4. The summed E-state index contributed by atoms with van der Waals surface area (Å²) in [7, 11) is 0. The molecule has 1 aromatic rings. The molecule has 6 fully saturated rings. The number of ether oxygens (including phenoxy) is 2. The van der Waals surface area contributed by atoms with E-state index in [9.17, 15) is 40.5 Å². The molecule has 0 unspecified atom stereocenters. The van der Waals surface area contributed by atoms with Crippen LogP contribution in [0.1, 0.15) is 64.4 Å². The third kappa shape index (κ3) is 1.77. The summed E-state index contributed by atoms with van der Waals surface area (Å²) in [5, 5.41) is 85.0. The maximum absolute atomic E-state index is 13.2. The van der Waals surface area contributed by atoms with Crippen LogP contribution in [0.25, 0.3) is 0 Å². The molecule has 2 aliphatic heterocycles. The molecule has 4 saturated carbocycles.